The first-order chi connectivity index (χ1) is 16.4. The zero-order valence-corrected chi connectivity index (χ0v) is 19.4. The van der Waals surface area contributed by atoms with Gasteiger partial charge in [-0.2, -0.15) is 0 Å². The van der Waals surface area contributed by atoms with Gasteiger partial charge in [0.05, 0.1) is 19.8 Å². The summed E-state index contributed by atoms with van der Waals surface area (Å²) in [7, 11) is 4.32. The molecule has 0 unspecified atom stereocenters. The molecule has 1 aliphatic rings. The molecule has 2 aromatic rings. The zero-order chi connectivity index (χ0) is 24.7. The van der Waals surface area contributed by atoms with Crippen molar-refractivity contribution in [2.45, 2.75) is 38.2 Å². The normalized spacial score (nSPS) is 13.1. The fourth-order valence-corrected chi connectivity index (χ4v) is 4.00. The highest BCUT2D eigenvalue weighted by Crippen LogP contribution is 2.28. The quantitative estimate of drug-likeness (QED) is 0.318. The Balaban J connectivity index is 1.87. The van der Waals surface area contributed by atoms with Gasteiger partial charge < -0.3 is 19.5 Å². The third kappa shape index (κ3) is 5.72. The summed E-state index contributed by atoms with van der Waals surface area (Å²) in [6.07, 6.45) is 3.50. The molecular formula is C25H28N2O7. The van der Waals surface area contributed by atoms with E-state index in [4.69, 9.17) is 14.2 Å². The number of benzene rings is 2. The molecule has 1 amide bonds. The van der Waals surface area contributed by atoms with Gasteiger partial charge in [-0.15, -0.1) is 0 Å². The monoisotopic (exact) mass is 468 g/mol. The van der Waals surface area contributed by atoms with Gasteiger partial charge >= 0.3 is 12.1 Å². The van der Waals surface area contributed by atoms with Crippen LogP contribution in [0.25, 0.3) is 0 Å². The minimum Gasteiger partial charge on any atom is -0.496 e. The standard InChI is InChI=1S/C25H28N2O7/c1-26-21-13-17(27-25(31)34-18-6-4-5-7-18)12-19(20(21)14-28)22(29)10-15-8-9-16(24(30)33-3)11-23(15)32-2/h8-9,11-14,18,26H,4-7,10H2,1-3H3,(H,27,31). The summed E-state index contributed by atoms with van der Waals surface area (Å²) in [5, 5.41) is 5.55. The highest BCUT2D eigenvalue weighted by molar-refractivity contribution is 6.08. The van der Waals surface area contributed by atoms with Crippen molar-refractivity contribution in [3.63, 3.8) is 0 Å². The van der Waals surface area contributed by atoms with Gasteiger partial charge in [0.1, 0.15) is 11.9 Å². The molecule has 9 nitrogen and oxygen atoms in total. The van der Waals surface area contributed by atoms with Crippen molar-refractivity contribution < 1.29 is 33.4 Å². The summed E-state index contributed by atoms with van der Waals surface area (Å²) < 4.78 is 15.5. The molecule has 0 heterocycles. The molecular weight excluding hydrogens is 440 g/mol. The summed E-state index contributed by atoms with van der Waals surface area (Å²) in [6, 6.07) is 7.66. The Kier molecular flexibility index (Phi) is 8.24. The molecule has 2 aromatic carbocycles. The van der Waals surface area contributed by atoms with Crippen molar-refractivity contribution >= 4 is 35.5 Å². The maximum atomic E-state index is 13.2. The summed E-state index contributed by atoms with van der Waals surface area (Å²) in [5.74, 6) is -0.552. The lowest BCUT2D eigenvalue weighted by Crippen LogP contribution is -2.20. The van der Waals surface area contributed by atoms with Crippen LogP contribution in [-0.4, -0.2) is 51.5 Å². The smallest absolute Gasteiger partial charge is 0.411 e. The second-order valence-corrected chi connectivity index (χ2v) is 7.91. The molecule has 0 aromatic heterocycles. The molecule has 180 valence electrons. The molecule has 1 saturated carbocycles. The van der Waals surface area contributed by atoms with E-state index in [1.54, 1.807) is 19.2 Å². The van der Waals surface area contributed by atoms with E-state index >= 15 is 0 Å². The fourth-order valence-electron chi connectivity index (χ4n) is 4.00. The summed E-state index contributed by atoms with van der Waals surface area (Å²) in [5.41, 5.74) is 1.85. The molecule has 0 bridgehead atoms. The number of methoxy groups -OCH3 is 2. The van der Waals surface area contributed by atoms with Crippen LogP contribution < -0.4 is 15.4 Å². The van der Waals surface area contributed by atoms with Gasteiger partial charge in [-0.25, -0.2) is 9.59 Å². The minimum atomic E-state index is -0.605. The Morgan fingerprint density at radius 2 is 1.82 bits per heavy atom. The maximum Gasteiger partial charge on any atom is 0.411 e. The van der Waals surface area contributed by atoms with Crippen LogP contribution in [0.1, 0.15) is 62.3 Å². The molecule has 34 heavy (non-hydrogen) atoms. The molecule has 0 spiro atoms. The van der Waals surface area contributed by atoms with Crippen molar-refractivity contribution in [3.05, 3.63) is 52.6 Å². The molecule has 0 aliphatic heterocycles. The average Bonchev–Trinajstić information content (AvgIpc) is 3.35. The maximum absolute atomic E-state index is 13.2. The Labute approximate surface area is 197 Å². The number of Topliss-reactive ketones (excluding diaryl/α,β-unsaturated/α-hetero) is 1. The summed E-state index contributed by atoms with van der Waals surface area (Å²) >= 11 is 0. The number of anilines is 2. The lowest BCUT2D eigenvalue weighted by molar-refractivity contribution is 0.0600. The predicted octanol–water partition coefficient (Wildman–Crippen LogP) is 4.25. The number of nitrogens with one attached hydrogen (secondary N) is 2. The molecule has 0 radical (unpaired) electrons. The molecule has 1 fully saturated rings. The number of amides is 1. The number of carbonyl (C=O) groups is 4. The van der Waals surface area contributed by atoms with Gasteiger partial charge in [-0.3, -0.25) is 14.9 Å². The number of ether oxygens (including phenoxy) is 3. The van der Waals surface area contributed by atoms with E-state index in [-0.39, 0.29) is 35.0 Å². The van der Waals surface area contributed by atoms with Crippen LogP contribution in [0.4, 0.5) is 16.2 Å². The first-order valence-corrected chi connectivity index (χ1v) is 11.0. The van der Waals surface area contributed by atoms with E-state index in [0.717, 1.165) is 25.7 Å². The summed E-state index contributed by atoms with van der Waals surface area (Å²) in [6.45, 7) is 0. The number of hydrogen-bond donors (Lipinski definition) is 2. The Morgan fingerprint density at radius 1 is 1.09 bits per heavy atom. The molecule has 2 N–H and O–H groups in total. The van der Waals surface area contributed by atoms with Gasteiger partial charge in [0.25, 0.3) is 0 Å². The Hall–Kier alpha value is -3.88. The highest BCUT2D eigenvalue weighted by atomic mass is 16.6. The average molecular weight is 469 g/mol. The lowest BCUT2D eigenvalue weighted by atomic mass is 9.96. The van der Waals surface area contributed by atoms with Gasteiger partial charge in [-0.1, -0.05) is 6.07 Å². The zero-order valence-electron chi connectivity index (χ0n) is 19.4. The van der Waals surface area contributed by atoms with Crippen molar-refractivity contribution in [3.8, 4) is 5.75 Å². The third-order valence-electron chi connectivity index (χ3n) is 5.75. The van der Waals surface area contributed by atoms with Crippen molar-refractivity contribution in [1.82, 2.24) is 0 Å². The fraction of sp³-hybridized carbons (Fsp3) is 0.360. The molecule has 0 saturated heterocycles. The SMILES string of the molecule is CNc1cc(NC(=O)OC2CCCC2)cc(C(=O)Cc2ccc(C(=O)OC)cc2OC)c1C=O. The van der Waals surface area contributed by atoms with E-state index in [2.05, 4.69) is 10.6 Å². The van der Waals surface area contributed by atoms with Crippen LogP contribution in [0.2, 0.25) is 0 Å². The second-order valence-electron chi connectivity index (χ2n) is 7.91. The van der Waals surface area contributed by atoms with E-state index in [1.807, 2.05) is 0 Å². The van der Waals surface area contributed by atoms with Crippen LogP contribution in [-0.2, 0) is 15.9 Å². The minimum absolute atomic E-state index is 0.0927. The molecule has 9 heteroatoms. The van der Waals surface area contributed by atoms with Crippen LogP contribution >= 0.6 is 0 Å². The van der Waals surface area contributed by atoms with Gasteiger partial charge in [0.15, 0.2) is 12.1 Å². The highest BCUT2D eigenvalue weighted by Gasteiger charge is 2.22. The Morgan fingerprint density at radius 3 is 2.44 bits per heavy atom. The predicted molar refractivity (Wildman–Crippen MR) is 126 cm³/mol. The van der Waals surface area contributed by atoms with Gasteiger partial charge in [-0.05, 0) is 49.9 Å². The van der Waals surface area contributed by atoms with Gasteiger partial charge in [0, 0.05) is 41.5 Å². The number of esters is 1. The number of carbonyl (C=O) groups excluding carboxylic acids is 4. The van der Waals surface area contributed by atoms with Crippen molar-refractivity contribution in [2.75, 3.05) is 31.9 Å². The van der Waals surface area contributed by atoms with E-state index in [9.17, 15) is 19.2 Å². The Bertz CT molecular complexity index is 1090. The number of ketones is 1. The van der Waals surface area contributed by atoms with E-state index in [0.29, 0.717) is 29.0 Å². The number of rotatable bonds is 9. The van der Waals surface area contributed by atoms with Crippen molar-refractivity contribution in [1.29, 1.82) is 0 Å². The molecule has 3 rings (SSSR count). The first kappa shape index (κ1) is 24.8. The summed E-state index contributed by atoms with van der Waals surface area (Å²) in [4.78, 5) is 49.2. The molecule has 1 aliphatic carbocycles. The largest absolute Gasteiger partial charge is 0.496 e. The third-order valence-corrected chi connectivity index (χ3v) is 5.75. The van der Waals surface area contributed by atoms with Crippen LogP contribution in [0, 0.1) is 0 Å². The lowest BCUT2D eigenvalue weighted by Gasteiger charge is -2.16. The van der Waals surface area contributed by atoms with E-state index in [1.165, 1.54) is 32.4 Å². The van der Waals surface area contributed by atoms with E-state index < -0.39 is 12.1 Å². The second kappa shape index (κ2) is 11.3. The van der Waals surface area contributed by atoms with Crippen LogP contribution in [0.3, 0.4) is 0 Å². The number of hydrogen-bond acceptors (Lipinski definition) is 8. The first-order valence-electron chi connectivity index (χ1n) is 11.0. The van der Waals surface area contributed by atoms with Gasteiger partial charge in [0.2, 0.25) is 0 Å². The van der Waals surface area contributed by atoms with Crippen molar-refractivity contribution in [2.24, 2.45) is 0 Å². The molecule has 0 atom stereocenters. The topological polar surface area (TPSA) is 120 Å². The number of aldehydes is 1. The van der Waals surface area contributed by atoms with Crippen LogP contribution in [0.15, 0.2) is 30.3 Å². The van der Waals surface area contributed by atoms with Crippen LogP contribution in [0.5, 0.6) is 5.75 Å².